The van der Waals surface area contributed by atoms with Gasteiger partial charge in [-0.15, -0.1) is 0 Å². The average molecular weight is 274 g/mol. The van der Waals surface area contributed by atoms with Crippen LogP contribution in [0.15, 0.2) is 30.3 Å². The monoisotopic (exact) mass is 274 g/mol. The van der Waals surface area contributed by atoms with Gasteiger partial charge in [0.1, 0.15) is 5.82 Å². The molecule has 0 saturated carbocycles. The molecular formula is C14H18N4O2. The van der Waals surface area contributed by atoms with Gasteiger partial charge in [0, 0.05) is 14.2 Å². The fraction of sp³-hybridized carbons (Fsp3) is 0.357. The number of likely N-dealkylation sites (N-methyl/N-ethyl adjacent to an activating group) is 1. The molecule has 1 aromatic heterocycles. The molecule has 0 bridgehead atoms. The molecule has 0 aliphatic heterocycles. The molecule has 1 atom stereocenters. The number of ether oxygens (including phenoxy) is 1. The zero-order valence-electron chi connectivity index (χ0n) is 11.8. The third kappa shape index (κ3) is 3.21. The number of nitrogens with one attached hydrogen (secondary N) is 1. The number of rotatable bonds is 5. The molecule has 0 spiro atoms. The lowest BCUT2D eigenvalue weighted by Crippen LogP contribution is -2.32. The molecule has 0 fully saturated rings. The summed E-state index contributed by atoms with van der Waals surface area (Å²) in [6.07, 6.45) is -0.610. The summed E-state index contributed by atoms with van der Waals surface area (Å²) in [5.41, 5.74) is 0.831. The van der Waals surface area contributed by atoms with Crippen LogP contribution in [0, 0.1) is 6.92 Å². The van der Waals surface area contributed by atoms with Crippen molar-refractivity contribution in [3.63, 3.8) is 0 Å². The van der Waals surface area contributed by atoms with Crippen molar-refractivity contribution in [3.05, 3.63) is 47.5 Å². The number of hydrogen-bond acceptors (Lipinski definition) is 4. The highest BCUT2D eigenvalue weighted by molar-refractivity contribution is 5.82. The van der Waals surface area contributed by atoms with Crippen LogP contribution >= 0.6 is 0 Å². The largest absolute Gasteiger partial charge is 0.367 e. The predicted octanol–water partition coefficient (Wildman–Crippen LogP) is 1.46. The first-order valence-corrected chi connectivity index (χ1v) is 6.32. The van der Waals surface area contributed by atoms with E-state index in [0.29, 0.717) is 12.4 Å². The Balaban J connectivity index is 2.08. The van der Waals surface area contributed by atoms with E-state index in [9.17, 15) is 4.79 Å². The summed E-state index contributed by atoms with van der Waals surface area (Å²) >= 11 is 0. The zero-order valence-corrected chi connectivity index (χ0v) is 11.8. The number of carbonyl (C=O) groups excluding carboxylic acids is 1. The number of aromatic nitrogens is 3. The Morgan fingerprint density at radius 3 is 2.65 bits per heavy atom. The van der Waals surface area contributed by atoms with Crippen LogP contribution in [0.3, 0.4) is 0 Å². The minimum Gasteiger partial charge on any atom is -0.367 e. The summed E-state index contributed by atoms with van der Waals surface area (Å²) in [4.78, 5) is 18.2. The molecular weight excluding hydrogens is 256 g/mol. The van der Waals surface area contributed by atoms with E-state index in [1.165, 1.54) is 7.11 Å². The van der Waals surface area contributed by atoms with Gasteiger partial charge in [-0.25, -0.2) is 4.98 Å². The van der Waals surface area contributed by atoms with E-state index in [1.807, 2.05) is 37.3 Å². The number of amides is 1. The Kier molecular flexibility index (Phi) is 4.47. The van der Waals surface area contributed by atoms with Gasteiger partial charge in [0.2, 0.25) is 0 Å². The Hall–Kier alpha value is -2.21. The number of carbonyl (C=O) groups is 1. The number of hydrogen-bond donors (Lipinski definition) is 1. The van der Waals surface area contributed by atoms with Crippen LogP contribution in [0.25, 0.3) is 0 Å². The number of H-pyrrole nitrogens is 1. The Morgan fingerprint density at radius 2 is 2.10 bits per heavy atom. The first-order chi connectivity index (χ1) is 9.61. The molecule has 6 nitrogen and oxygen atoms in total. The summed E-state index contributed by atoms with van der Waals surface area (Å²) in [6, 6.07) is 9.41. The van der Waals surface area contributed by atoms with Gasteiger partial charge in [0.05, 0.1) is 6.54 Å². The van der Waals surface area contributed by atoms with Crippen LogP contribution in [0.5, 0.6) is 0 Å². The number of benzene rings is 1. The summed E-state index contributed by atoms with van der Waals surface area (Å²) < 4.78 is 5.32. The fourth-order valence-electron chi connectivity index (χ4n) is 1.96. The smallest absolute Gasteiger partial charge is 0.256 e. The normalized spacial score (nSPS) is 12.2. The standard InChI is InChI=1S/C14H18N4O2/c1-10-15-12(17-16-10)9-18(2)14(19)13(20-3)11-7-5-4-6-8-11/h4-8,13H,9H2,1-3H3,(H,15,16,17). The van der Waals surface area contributed by atoms with E-state index >= 15 is 0 Å². The molecule has 20 heavy (non-hydrogen) atoms. The minimum atomic E-state index is -0.610. The third-order valence-electron chi connectivity index (χ3n) is 2.96. The maximum Gasteiger partial charge on any atom is 0.256 e. The predicted molar refractivity (Wildman–Crippen MR) is 73.8 cm³/mol. The average Bonchev–Trinajstić information content (AvgIpc) is 2.86. The third-order valence-corrected chi connectivity index (χ3v) is 2.96. The fourth-order valence-corrected chi connectivity index (χ4v) is 1.96. The second-order valence-electron chi connectivity index (χ2n) is 4.56. The van der Waals surface area contributed by atoms with Gasteiger partial charge in [-0.1, -0.05) is 30.3 Å². The molecule has 1 unspecified atom stereocenters. The van der Waals surface area contributed by atoms with Crippen LogP contribution in [0.2, 0.25) is 0 Å². The molecule has 1 N–H and O–H groups in total. The molecule has 1 aromatic carbocycles. The summed E-state index contributed by atoms with van der Waals surface area (Å²) in [5.74, 6) is 1.19. The van der Waals surface area contributed by atoms with Crippen LogP contribution < -0.4 is 0 Å². The first-order valence-electron chi connectivity index (χ1n) is 6.32. The lowest BCUT2D eigenvalue weighted by Gasteiger charge is -2.22. The van der Waals surface area contributed by atoms with Crippen molar-refractivity contribution in [2.24, 2.45) is 0 Å². The van der Waals surface area contributed by atoms with Gasteiger partial charge in [-0.05, 0) is 12.5 Å². The van der Waals surface area contributed by atoms with E-state index in [2.05, 4.69) is 15.2 Å². The molecule has 0 radical (unpaired) electrons. The van der Waals surface area contributed by atoms with E-state index in [0.717, 1.165) is 11.4 Å². The number of aryl methyl sites for hydroxylation is 1. The van der Waals surface area contributed by atoms with Crippen molar-refractivity contribution < 1.29 is 9.53 Å². The van der Waals surface area contributed by atoms with E-state index < -0.39 is 6.10 Å². The molecule has 0 aliphatic rings. The second kappa shape index (κ2) is 6.29. The Morgan fingerprint density at radius 1 is 1.40 bits per heavy atom. The molecule has 0 aliphatic carbocycles. The van der Waals surface area contributed by atoms with Crippen LogP contribution in [0.4, 0.5) is 0 Å². The maximum absolute atomic E-state index is 12.4. The van der Waals surface area contributed by atoms with Gasteiger partial charge in [-0.2, -0.15) is 5.10 Å². The van der Waals surface area contributed by atoms with Gasteiger partial charge in [-0.3, -0.25) is 9.89 Å². The van der Waals surface area contributed by atoms with Gasteiger partial charge in [0.15, 0.2) is 11.9 Å². The number of methoxy groups -OCH3 is 1. The highest BCUT2D eigenvalue weighted by atomic mass is 16.5. The van der Waals surface area contributed by atoms with Crippen LogP contribution in [0.1, 0.15) is 23.3 Å². The van der Waals surface area contributed by atoms with E-state index in [-0.39, 0.29) is 5.91 Å². The van der Waals surface area contributed by atoms with Gasteiger partial charge < -0.3 is 9.64 Å². The molecule has 1 amide bonds. The highest BCUT2D eigenvalue weighted by Gasteiger charge is 2.24. The van der Waals surface area contributed by atoms with Crippen molar-refractivity contribution in [1.82, 2.24) is 20.1 Å². The summed E-state index contributed by atoms with van der Waals surface area (Å²) in [6.45, 7) is 2.16. The van der Waals surface area contributed by atoms with Crippen molar-refractivity contribution in [3.8, 4) is 0 Å². The first kappa shape index (κ1) is 14.2. The van der Waals surface area contributed by atoms with Crippen LogP contribution in [-0.2, 0) is 16.1 Å². The summed E-state index contributed by atoms with van der Waals surface area (Å²) in [7, 11) is 3.24. The molecule has 6 heteroatoms. The zero-order chi connectivity index (χ0) is 14.5. The minimum absolute atomic E-state index is 0.124. The lowest BCUT2D eigenvalue weighted by atomic mass is 10.1. The van der Waals surface area contributed by atoms with Crippen molar-refractivity contribution in [1.29, 1.82) is 0 Å². The van der Waals surface area contributed by atoms with E-state index in [1.54, 1.807) is 11.9 Å². The SMILES string of the molecule is COC(C(=O)N(C)Cc1n[nH]c(C)n1)c1ccccc1. The summed E-state index contributed by atoms with van der Waals surface area (Å²) in [5, 5.41) is 6.78. The molecule has 1 heterocycles. The van der Waals surface area contributed by atoms with Crippen molar-refractivity contribution in [2.75, 3.05) is 14.2 Å². The van der Waals surface area contributed by atoms with E-state index in [4.69, 9.17) is 4.74 Å². The highest BCUT2D eigenvalue weighted by Crippen LogP contribution is 2.19. The Bertz CT molecular complexity index is 568. The number of nitrogens with zero attached hydrogens (tertiary/aromatic N) is 3. The van der Waals surface area contributed by atoms with Crippen LogP contribution in [-0.4, -0.2) is 40.1 Å². The molecule has 2 rings (SSSR count). The lowest BCUT2D eigenvalue weighted by molar-refractivity contribution is -0.141. The maximum atomic E-state index is 12.4. The molecule has 2 aromatic rings. The van der Waals surface area contributed by atoms with Gasteiger partial charge >= 0.3 is 0 Å². The molecule has 0 saturated heterocycles. The molecule has 106 valence electrons. The second-order valence-corrected chi connectivity index (χ2v) is 4.56. The van der Waals surface area contributed by atoms with Crippen molar-refractivity contribution >= 4 is 5.91 Å². The quantitative estimate of drug-likeness (QED) is 0.896. The topological polar surface area (TPSA) is 71.1 Å². The van der Waals surface area contributed by atoms with Crippen molar-refractivity contribution in [2.45, 2.75) is 19.6 Å². The van der Waals surface area contributed by atoms with Gasteiger partial charge in [0.25, 0.3) is 5.91 Å². The Labute approximate surface area is 117 Å². The number of aromatic amines is 1.